The number of nitrogens with two attached hydrogens (primary N) is 1. The van der Waals surface area contributed by atoms with Gasteiger partial charge in [-0.05, 0) is 67.2 Å². The molecule has 0 bridgehead atoms. The van der Waals surface area contributed by atoms with Crippen molar-refractivity contribution in [1.29, 1.82) is 0 Å². The van der Waals surface area contributed by atoms with Crippen molar-refractivity contribution < 1.29 is 4.74 Å². The highest BCUT2D eigenvalue weighted by atomic mass is 16.5. The summed E-state index contributed by atoms with van der Waals surface area (Å²) in [6.07, 6.45) is 6.31. The van der Waals surface area contributed by atoms with Gasteiger partial charge >= 0.3 is 0 Å². The van der Waals surface area contributed by atoms with Crippen LogP contribution in [0.1, 0.15) is 56.7 Å². The van der Waals surface area contributed by atoms with Crippen molar-refractivity contribution in [3.8, 4) is 5.75 Å². The van der Waals surface area contributed by atoms with Gasteiger partial charge in [0.25, 0.3) is 0 Å². The van der Waals surface area contributed by atoms with Crippen molar-refractivity contribution in [3.05, 3.63) is 29.3 Å². The Kier molecular flexibility index (Phi) is 3.53. The van der Waals surface area contributed by atoms with Crippen LogP contribution in [0.2, 0.25) is 0 Å². The van der Waals surface area contributed by atoms with Crippen LogP contribution in [0.25, 0.3) is 0 Å². The SMILES string of the molecule is CC1CC(C)CC(Oc2ccc3c(c2)CC[C@H]3N)C1. The van der Waals surface area contributed by atoms with Gasteiger partial charge in [-0.25, -0.2) is 0 Å². The first-order valence-electron chi connectivity index (χ1n) is 7.67. The lowest BCUT2D eigenvalue weighted by Gasteiger charge is -2.31. The molecule has 0 heterocycles. The molecule has 2 aliphatic carbocycles. The Hall–Kier alpha value is -1.02. The number of rotatable bonds is 2. The Morgan fingerprint density at radius 2 is 1.84 bits per heavy atom. The molecule has 1 saturated carbocycles. The maximum Gasteiger partial charge on any atom is 0.120 e. The summed E-state index contributed by atoms with van der Waals surface area (Å²) in [5, 5.41) is 0. The number of ether oxygens (including phenoxy) is 1. The predicted octanol–water partition coefficient (Wildman–Crippen LogP) is 3.84. The Labute approximate surface area is 116 Å². The van der Waals surface area contributed by atoms with E-state index in [1.165, 1.54) is 30.4 Å². The van der Waals surface area contributed by atoms with E-state index in [2.05, 4.69) is 32.0 Å². The van der Waals surface area contributed by atoms with Gasteiger partial charge in [-0.15, -0.1) is 0 Å². The zero-order valence-corrected chi connectivity index (χ0v) is 12.1. The lowest BCUT2D eigenvalue weighted by molar-refractivity contribution is 0.101. The second-order valence-corrected chi connectivity index (χ2v) is 6.66. The largest absolute Gasteiger partial charge is 0.490 e. The number of aryl methyl sites for hydroxylation is 1. The molecule has 0 amide bonds. The van der Waals surface area contributed by atoms with Crippen molar-refractivity contribution in [2.75, 3.05) is 0 Å². The van der Waals surface area contributed by atoms with Gasteiger partial charge < -0.3 is 10.5 Å². The van der Waals surface area contributed by atoms with E-state index in [0.717, 1.165) is 30.4 Å². The van der Waals surface area contributed by atoms with E-state index in [9.17, 15) is 0 Å². The van der Waals surface area contributed by atoms with Crippen LogP contribution in [0.15, 0.2) is 18.2 Å². The van der Waals surface area contributed by atoms with E-state index in [4.69, 9.17) is 10.5 Å². The molecule has 0 aromatic heterocycles. The minimum Gasteiger partial charge on any atom is -0.490 e. The summed E-state index contributed by atoms with van der Waals surface area (Å²) in [7, 11) is 0. The van der Waals surface area contributed by atoms with E-state index in [-0.39, 0.29) is 6.04 Å². The highest BCUT2D eigenvalue weighted by Crippen LogP contribution is 2.34. The molecule has 0 saturated heterocycles. The fourth-order valence-corrected chi connectivity index (χ4v) is 3.86. The van der Waals surface area contributed by atoms with Crippen molar-refractivity contribution in [2.45, 2.75) is 58.1 Å². The molecule has 2 aliphatic rings. The molecule has 0 spiro atoms. The van der Waals surface area contributed by atoms with Gasteiger partial charge in [0.05, 0.1) is 6.10 Å². The van der Waals surface area contributed by atoms with Gasteiger partial charge in [-0.2, -0.15) is 0 Å². The first-order chi connectivity index (χ1) is 9.11. The molecule has 0 radical (unpaired) electrons. The third-order valence-electron chi connectivity index (χ3n) is 4.68. The molecule has 1 fully saturated rings. The van der Waals surface area contributed by atoms with E-state index < -0.39 is 0 Å². The van der Waals surface area contributed by atoms with Crippen LogP contribution >= 0.6 is 0 Å². The third-order valence-corrected chi connectivity index (χ3v) is 4.68. The maximum atomic E-state index is 6.22. The predicted molar refractivity (Wildman–Crippen MR) is 78.3 cm³/mol. The Morgan fingerprint density at radius 1 is 1.11 bits per heavy atom. The molecule has 1 aromatic carbocycles. The quantitative estimate of drug-likeness (QED) is 0.876. The summed E-state index contributed by atoms with van der Waals surface area (Å²) in [6, 6.07) is 6.72. The molecule has 19 heavy (non-hydrogen) atoms. The topological polar surface area (TPSA) is 35.2 Å². The molecule has 2 unspecified atom stereocenters. The number of benzene rings is 1. The van der Waals surface area contributed by atoms with Crippen molar-refractivity contribution in [2.24, 2.45) is 17.6 Å². The Balaban J connectivity index is 1.70. The second kappa shape index (κ2) is 5.16. The van der Waals surface area contributed by atoms with Crippen LogP contribution in [-0.2, 0) is 6.42 Å². The van der Waals surface area contributed by atoms with Crippen LogP contribution in [0.4, 0.5) is 0 Å². The normalized spacial score (nSPS) is 34.1. The number of hydrogen-bond acceptors (Lipinski definition) is 2. The summed E-state index contributed by atoms with van der Waals surface area (Å²) < 4.78 is 6.22. The van der Waals surface area contributed by atoms with Crippen LogP contribution in [0.5, 0.6) is 5.75 Å². The first-order valence-corrected chi connectivity index (χ1v) is 7.67. The van der Waals surface area contributed by atoms with Crippen LogP contribution < -0.4 is 10.5 Å². The standard InChI is InChI=1S/C17H25NO/c1-11-7-12(2)9-15(8-11)19-14-4-5-16-13(10-14)3-6-17(16)18/h4-5,10-12,15,17H,3,6-9,18H2,1-2H3/t11?,12?,15?,17-/m1/s1. The monoisotopic (exact) mass is 259 g/mol. The van der Waals surface area contributed by atoms with Gasteiger partial charge in [0.15, 0.2) is 0 Å². The fourth-order valence-electron chi connectivity index (χ4n) is 3.86. The van der Waals surface area contributed by atoms with Gasteiger partial charge in [-0.1, -0.05) is 19.9 Å². The van der Waals surface area contributed by atoms with Gasteiger partial charge in [-0.3, -0.25) is 0 Å². The lowest BCUT2D eigenvalue weighted by atomic mass is 9.82. The fraction of sp³-hybridized carbons (Fsp3) is 0.647. The van der Waals surface area contributed by atoms with Crippen molar-refractivity contribution >= 4 is 0 Å². The zero-order chi connectivity index (χ0) is 13.4. The number of hydrogen-bond donors (Lipinski definition) is 1. The lowest BCUT2D eigenvalue weighted by Crippen LogP contribution is -2.28. The van der Waals surface area contributed by atoms with Gasteiger partial charge in [0, 0.05) is 6.04 Å². The molecule has 3 rings (SSSR count). The highest BCUT2D eigenvalue weighted by molar-refractivity contribution is 5.40. The van der Waals surface area contributed by atoms with Crippen LogP contribution in [0.3, 0.4) is 0 Å². The molecular formula is C17H25NO. The van der Waals surface area contributed by atoms with Gasteiger partial charge in [0.2, 0.25) is 0 Å². The maximum absolute atomic E-state index is 6.22. The molecule has 0 aliphatic heterocycles. The van der Waals surface area contributed by atoms with Crippen LogP contribution in [0, 0.1) is 11.8 Å². The minimum atomic E-state index is 0.235. The molecule has 2 heteroatoms. The molecule has 104 valence electrons. The second-order valence-electron chi connectivity index (χ2n) is 6.66. The molecule has 2 nitrogen and oxygen atoms in total. The van der Waals surface area contributed by atoms with Gasteiger partial charge in [0.1, 0.15) is 5.75 Å². The molecular weight excluding hydrogens is 234 g/mol. The molecule has 2 N–H and O–H groups in total. The summed E-state index contributed by atoms with van der Waals surface area (Å²) in [5.74, 6) is 2.62. The van der Waals surface area contributed by atoms with Crippen LogP contribution in [-0.4, -0.2) is 6.10 Å². The summed E-state index contributed by atoms with van der Waals surface area (Å²) in [4.78, 5) is 0. The molecule has 1 aromatic rings. The smallest absolute Gasteiger partial charge is 0.120 e. The minimum absolute atomic E-state index is 0.235. The zero-order valence-electron chi connectivity index (χ0n) is 12.1. The summed E-state index contributed by atoms with van der Waals surface area (Å²) in [5.41, 5.74) is 8.78. The van der Waals surface area contributed by atoms with E-state index in [1.807, 2.05) is 0 Å². The van der Waals surface area contributed by atoms with E-state index >= 15 is 0 Å². The third kappa shape index (κ3) is 2.79. The van der Waals surface area contributed by atoms with E-state index in [1.54, 1.807) is 0 Å². The average Bonchev–Trinajstić information content (AvgIpc) is 2.69. The van der Waals surface area contributed by atoms with E-state index in [0.29, 0.717) is 6.10 Å². The van der Waals surface area contributed by atoms with Crippen molar-refractivity contribution in [3.63, 3.8) is 0 Å². The Morgan fingerprint density at radius 3 is 2.58 bits per heavy atom. The first kappa shape index (κ1) is 13.0. The highest BCUT2D eigenvalue weighted by Gasteiger charge is 2.26. The summed E-state index contributed by atoms with van der Waals surface area (Å²) >= 11 is 0. The number of fused-ring (bicyclic) bond motifs is 1. The van der Waals surface area contributed by atoms with Crippen molar-refractivity contribution in [1.82, 2.24) is 0 Å². The molecule has 3 atom stereocenters. The average molecular weight is 259 g/mol. The summed E-state index contributed by atoms with van der Waals surface area (Å²) in [6.45, 7) is 4.68. The Bertz CT molecular complexity index is 447.